The van der Waals surface area contributed by atoms with E-state index in [9.17, 15) is 0 Å². The molecule has 0 radical (unpaired) electrons. The molecule has 0 aliphatic heterocycles. The summed E-state index contributed by atoms with van der Waals surface area (Å²) >= 11 is 9.28. The van der Waals surface area contributed by atoms with Crippen LogP contribution in [0, 0.1) is 13.8 Å². The number of halogens is 2. The number of hydrogen-bond acceptors (Lipinski definition) is 1. The molecule has 0 bridgehead atoms. The lowest BCUT2D eigenvalue weighted by Gasteiger charge is -2.10. The van der Waals surface area contributed by atoms with Crippen LogP contribution in [0.25, 0.3) is 0 Å². The van der Waals surface area contributed by atoms with Gasteiger partial charge in [0.1, 0.15) is 11.5 Å². The number of ether oxygens (including phenoxy) is 1. The Bertz CT molecular complexity index is 566. The van der Waals surface area contributed by atoms with Crippen molar-refractivity contribution in [1.82, 2.24) is 0 Å². The summed E-state index contributed by atoms with van der Waals surface area (Å²) in [7, 11) is 0. The predicted octanol–water partition coefficient (Wildman–Crippen LogP) is 5.60. The highest BCUT2D eigenvalue weighted by atomic mass is 79.9. The molecule has 0 aliphatic rings. The maximum atomic E-state index is 5.85. The highest BCUT2D eigenvalue weighted by molar-refractivity contribution is 9.10. The second-order valence-electron chi connectivity index (χ2n) is 4.25. The Kier molecular flexibility index (Phi) is 4.31. The van der Waals surface area contributed by atoms with E-state index >= 15 is 0 Å². The average molecular weight is 326 g/mol. The van der Waals surface area contributed by atoms with Gasteiger partial charge in [-0.15, -0.1) is 11.6 Å². The molecule has 0 unspecified atom stereocenters. The van der Waals surface area contributed by atoms with E-state index in [-0.39, 0.29) is 0 Å². The molecule has 0 N–H and O–H groups in total. The fourth-order valence-corrected chi connectivity index (χ4v) is 2.29. The molecule has 94 valence electrons. The third kappa shape index (κ3) is 3.06. The SMILES string of the molecule is Cc1ccc(Oc2ccc(CCl)cc2Br)cc1C. The number of benzene rings is 2. The lowest BCUT2D eigenvalue weighted by molar-refractivity contribution is 0.479. The van der Waals surface area contributed by atoms with Crippen molar-refractivity contribution < 1.29 is 4.74 Å². The van der Waals surface area contributed by atoms with Gasteiger partial charge in [0.2, 0.25) is 0 Å². The standard InChI is InChI=1S/C15H14BrClO/c1-10-3-5-13(7-11(10)2)18-15-6-4-12(9-17)8-14(15)16/h3-8H,9H2,1-2H3. The van der Waals surface area contributed by atoms with Crippen LogP contribution in [-0.4, -0.2) is 0 Å². The molecule has 0 aliphatic carbocycles. The van der Waals surface area contributed by atoms with E-state index < -0.39 is 0 Å². The van der Waals surface area contributed by atoms with Crippen molar-refractivity contribution >= 4 is 27.5 Å². The molecule has 2 aromatic rings. The smallest absolute Gasteiger partial charge is 0.141 e. The Morgan fingerprint density at radius 1 is 1.06 bits per heavy atom. The zero-order valence-electron chi connectivity index (χ0n) is 10.3. The third-order valence-corrected chi connectivity index (χ3v) is 3.79. The maximum absolute atomic E-state index is 5.85. The van der Waals surface area contributed by atoms with Crippen molar-refractivity contribution in [2.45, 2.75) is 19.7 Å². The zero-order chi connectivity index (χ0) is 13.1. The van der Waals surface area contributed by atoms with E-state index in [1.54, 1.807) is 0 Å². The summed E-state index contributed by atoms with van der Waals surface area (Å²) in [5, 5.41) is 0. The minimum absolute atomic E-state index is 0.502. The van der Waals surface area contributed by atoms with Crippen molar-refractivity contribution in [2.75, 3.05) is 0 Å². The van der Waals surface area contributed by atoms with E-state index in [0.29, 0.717) is 5.88 Å². The second-order valence-corrected chi connectivity index (χ2v) is 5.37. The van der Waals surface area contributed by atoms with Gasteiger partial charge in [-0.3, -0.25) is 0 Å². The molecule has 2 rings (SSSR count). The van der Waals surface area contributed by atoms with Crippen molar-refractivity contribution in [3.8, 4) is 11.5 Å². The van der Waals surface area contributed by atoms with E-state index in [1.165, 1.54) is 11.1 Å². The highest BCUT2D eigenvalue weighted by Gasteiger charge is 2.04. The lowest BCUT2D eigenvalue weighted by Crippen LogP contribution is -1.89. The zero-order valence-corrected chi connectivity index (χ0v) is 12.7. The molecule has 0 fully saturated rings. The molecule has 0 atom stereocenters. The van der Waals surface area contributed by atoms with Crippen LogP contribution in [0.3, 0.4) is 0 Å². The van der Waals surface area contributed by atoms with Crippen LogP contribution in [-0.2, 0) is 5.88 Å². The van der Waals surface area contributed by atoms with Crippen molar-refractivity contribution in [2.24, 2.45) is 0 Å². The van der Waals surface area contributed by atoms with Gasteiger partial charge in [0.15, 0.2) is 0 Å². The minimum Gasteiger partial charge on any atom is -0.456 e. The van der Waals surface area contributed by atoms with Crippen LogP contribution < -0.4 is 4.74 Å². The van der Waals surface area contributed by atoms with Crippen molar-refractivity contribution in [3.63, 3.8) is 0 Å². The van der Waals surface area contributed by atoms with E-state index in [2.05, 4.69) is 35.8 Å². The molecular weight excluding hydrogens is 312 g/mol. The summed E-state index contributed by atoms with van der Waals surface area (Å²) in [5.74, 6) is 2.15. The Morgan fingerprint density at radius 3 is 2.44 bits per heavy atom. The molecule has 0 aromatic heterocycles. The Morgan fingerprint density at radius 2 is 1.83 bits per heavy atom. The predicted molar refractivity (Wildman–Crippen MR) is 79.7 cm³/mol. The fourth-order valence-electron chi connectivity index (χ4n) is 1.61. The molecule has 0 saturated carbocycles. The van der Waals surface area contributed by atoms with Gasteiger partial charge in [0.05, 0.1) is 4.47 Å². The normalized spacial score (nSPS) is 10.4. The summed E-state index contributed by atoms with van der Waals surface area (Å²) in [4.78, 5) is 0. The molecule has 0 heterocycles. The fraction of sp³-hybridized carbons (Fsp3) is 0.200. The van der Waals surface area contributed by atoms with Gasteiger partial charge in [-0.05, 0) is 70.7 Å². The highest BCUT2D eigenvalue weighted by Crippen LogP contribution is 2.31. The molecule has 3 heteroatoms. The van der Waals surface area contributed by atoms with Gasteiger partial charge in [-0.2, -0.15) is 0 Å². The molecule has 18 heavy (non-hydrogen) atoms. The molecule has 0 amide bonds. The Balaban J connectivity index is 2.25. The lowest BCUT2D eigenvalue weighted by atomic mass is 10.1. The van der Waals surface area contributed by atoms with Crippen molar-refractivity contribution in [3.05, 3.63) is 57.6 Å². The first-order valence-electron chi connectivity index (χ1n) is 5.69. The molecule has 1 nitrogen and oxygen atoms in total. The summed E-state index contributed by atoms with van der Waals surface area (Å²) in [6.45, 7) is 4.16. The number of aryl methyl sites for hydroxylation is 2. The molecular formula is C15H14BrClO. The van der Waals surface area contributed by atoms with Crippen LogP contribution in [0.4, 0.5) is 0 Å². The first kappa shape index (κ1) is 13.4. The summed E-state index contributed by atoms with van der Waals surface area (Å²) in [6, 6.07) is 11.9. The summed E-state index contributed by atoms with van der Waals surface area (Å²) < 4.78 is 6.77. The summed E-state index contributed by atoms with van der Waals surface area (Å²) in [6.07, 6.45) is 0. The van der Waals surface area contributed by atoms with Gasteiger partial charge in [-0.1, -0.05) is 12.1 Å². The molecule has 0 saturated heterocycles. The van der Waals surface area contributed by atoms with E-state index in [0.717, 1.165) is 21.5 Å². The quantitative estimate of drug-likeness (QED) is 0.668. The first-order valence-corrected chi connectivity index (χ1v) is 7.02. The van der Waals surface area contributed by atoms with E-state index in [4.69, 9.17) is 16.3 Å². The van der Waals surface area contributed by atoms with Crippen LogP contribution >= 0.6 is 27.5 Å². The van der Waals surface area contributed by atoms with Crippen LogP contribution in [0.1, 0.15) is 16.7 Å². The van der Waals surface area contributed by atoms with Gasteiger partial charge in [0, 0.05) is 5.88 Å². The van der Waals surface area contributed by atoms with Crippen LogP contribution in [0.5, 0.6) is 11.5 Å². The van der Waals surface area contributed by atoms with Gasteiger partial charge >= 0.3 is 0 Å². The monoisotopic (exact) mass is 324 g/mol. The van der Waals surface area contributed by atoms with Gasteiger partial charge < -0.3 is 4.74 Å². The van der Waals surface area contributed by atoms with Gasteiger partial charge in [-0.25, -0.2) is 0 Å². The maximum Gasteiger partial charge on any atom is 0.141 e. The number of hydrogen-bond donors (Lipinski definition) is 0. The number of rotatable bonds is 3. The summed E-state index contributed by atoms with van der Waals surface area (Å²) in [5.41, 5.74) is 3.55. The largest absolute Gasteiger partial charge is 0.456 e. The minimum atomic E-state index is 0.502. The van der Waals surface area contributed by atoms with Crippen LogP contribution in [0.15, 0.2) is 40.9 Å². The third-order valence-electron chi connectivity index (χ3n) is 2.86. The van der Waals surface area contributed by atoms with Crippen LogP contribution in [0.2, 0.25) is 0 Å². The van der Waals surface area contributed by atoms with E-state index in [1.807, 2.05) is 30.3 Å². The molecule has 0 spiro atoms. The Labute approximate surface area is 121 Å². The Hall–Kier alpha value is -0.990. The van der Waals surface area contributed by atoms with Crippen molar-refractivity contribution in [1.29, 1.82) is 0 Å². The van der Waals surface area contributed by atoms with Gasteiger partial charge in [0.25, 0.3) is 0 Å². The average Bonchev–Trinajstić information content (AvgIpc) is 2.36. The first-order chi connectivity index (χ1) is 8.60. The number of alkyl halides is 1. The second kappa shape index (κ2) is 5.77. The topological polar surface area (TPSA) is 9.23 Å². The molecule has 2 aromatic carbocycles.